The van der Waals surface area contributed by atoms with Crippen molar-refractivity contribution >= 4 is 27.2 Å². The zero-order valence-electron chi connectivity index (χ0n) is 12.8. The monoisotopic (exact) mass is 326 g/mol. The van der Waals surface area contributed by atoms with Crippen LogP contribution < -0.4 is 10.5 Å². The molecule has 0 fully saturated rings. The molecule has 0 bridgehead atoms. The Bertz CT molecular complexity index is 857. The number of nitrogens with zero attached hydrogens (tertiary/aromatic N) is 1. The van der Waals surface area contributed by atoms with Gasteiger partial charge in [-0.15, -0.1) is 11.3 Å². The van der Waals surface area contributed by atoms with Crippen LogP contribution in [0.3, 0.4) is 0 Å². The van der Waals surface area contributed by atoms with Gasteiger partial charge in [-0.25, -0.2) is 0 Å². The van der Waals surface area contributed by atoms with Gasteiger partial charge < -0.3 is 15.6 Å². The number of ether oxygens (including phenoxy) is 1. The molecule has 3 N–H and O–H groups in total. The average Bonchev–Trinajstić information content (AvgIpc) is 3.03. The fourth-order valence-corrected chi connectivity index (χ4v) is 4.24. The molecule has 2 aromatic heterocycles. The molecule has 118 valence electrons. The van der Waals surface area contributed by atoms with Gasteiger partial charge in [0.05, 0.1) is 29.1 Å². The van der Waals surface area contributed by atoms with E-state index in [0.717, 1.165) is 33.6 Å². The van der Waals surface area contributed by atoms with Crippen molar-refractivity contribution in [3.8, 4) is 5.75 Å². The minimum Gasteiger partial charge on any atom is -0.497 e. The van der Waals surface area contributed by atoms with E-state index in [2.05, 4.69) is 12.1 Å². The van der Waals surface area contributed by atoms with Gasteiger partial charge in [-0.3, -0.25) is 4.98 Å². The fourth-order valence-electron chi connectivity index (χ4n) is 3.44. The smallest absolute Gasteiger partial charge is 0.118 e. The highest BCUT2D eigenvalue weighted by Gasteiger charge is 2.30. The molecular formula is C18H18N2O2S. The van der Waals surface area contributed by atoms with Gasteiger partial charge in [-0.2, -0.15) is 0 Å². The second-order valence-corrected chi connectivity index (χ2v) is 6.86. The van der Waals surface area contributed by atoms with Crippen LogP contribution in [0.5, 0.6) is 5.75 Å². The van der Waals surface area contributed by atoms with E-state index in [1.165, 1.54) is 5.56 Å². The molecule has 2 unspecified atom stereocenters. The van der Waals surface area contributed by atoms with Crippen molar-refractivity contribution in [3.63, 3.8) is 0 Å². The van der Waals surface area contributed by atoms with Crippen LogP contribution in [0, 0.1) is 0 Å². The Kier molecular flexibility index (Phi) is 3.47. The van der Waals surface area contributed by atoms with E-state index in [0.29, 0.717) is 12.1 Å². The van der Waals surface area contributed by atoms with Crippen LogP contribution in [-0.4, -0.2) is 17.2 Å². The molecule has 2 atom stereocenters. The van der Waals surface area contributed by atoms with Crippen molar-refractivity contribution in [2.75, 3.05) is 12.8 Å². The molecule has 4 rings (SSSR count). The van der Waals surface area contributed by atoms with E-state index >= 15 is 0 Å². The van der Waals surface area contributed by atoms with Crippen LogP contribution in [-0.2, 0) is 6.42 Å². The maximum absolute atomic E-state index is 10.6. The number of hydrogen-bond donors (Lipinski definition) is 2. The molecule has 1 aliphatic rings. The van der Waals surface area contributed by atoms with Gasteiger partial charge in [0.15, 0.2) is 0 Å². The molecule has 1 aliphatic carbocycles. The van der Waals surface area contributed by atoms with Gasteiger partial charge in [0.2, 0.25) is 0 Å². The number of nitrogens with two attached hydrogens (primary N) is 1. The number of nitrogen functional groups attached to an aromatic ring is 1. The lowest BCUT2D eigenvalue weighted by molar-refractivity contribution is 0.147. The fraction of sp³-hybridized carbons (Fsp3) is 0.278. The normalized spacial score (nSPS) is 20.4. The van der Waals surface area contributed by atoms with Crippen molar-refractivity contribution in [1.82, 2.24) is 4.98 Å². The van der Waals surface area contributed by atoms with Crippen molar-refractivity contribution in [1.29, 1.82) is 0 Å². The highest BCUT2D eigenvalue weighted by Crippen LogP contribution is 2.43. The molecule has 1 aromatic carbocycles. The molecule has 0 aliphatic heterocycles. The minimum absolute atomic E-state index is 0.242. The number of methoxy groups -OCH3 is 1. The Morgan fingerprint density at radius 3 is 2.78 bits per heavy atom. The lowest BCUT2D eigenvalue weighted by Gasteiger charge is -2.29. The number of pyridine rings is 1. The Morgan fingerprint density at radius 1 is 1.26 bits per heavy atom. The summed E-state index contributed by atoms with van der Waals surface area (Å²) in [6, 6.07) is 10.0. The quantitative estimate of drug-likeness (QED) is 0.754. The van der Waals surface area contributed by atoms with Gasteiger partial charge >= 0.3 is 0 Å². The van der Waals surface area contributed by atoms with Crippen molar-refractivity contribution in [3.05, 3.63) is 52.5 Å². The van der Waals surface area contributed by atoms with Crippen molar-refractivity contribution in [2.45, 2.75) is 24.9 Å². The predicted molar refractivity (Wildman–Crippen MR) is 93.0 cm³/mol. The largest absolute Gasteiger partial charge is 0.497 e. The Labute approximate surface area is 138 Å². The molecular weight excluding hydrogens is 308 g/mol. The molecule has 0 amide bonds. The molecule has 0 saturated heterocycles. The third kappa shape index (κ3) is 2.36. The Hall–Kier alpha value is -2.11. The highest BCUT2D eigenvalue weighted by molar-refractivity contribution is 7.17. The van der Waals surface area contributed by atoms with Crippen LogP contribution in [0.15, 0.2) is 35.7 Å². The number of aliphatic hydroxyl groups is 1. The molecule has 5 heteroatoms. The molecule has 4 nitrogen and oxygen atoms in total. The highest BCUT2D eigenvalue weighted by atomic mass is 32.1. The third-order valence-electron chi connectivity index (χ3n) is 4.61. The lowest BCUT2D eigenvalue weighted by Crippen LogP contribution is -2.20. The Morgan fingerprint density at radius 2 is 2.04 bits per heavy atom. The van der Waals surface area contributed by atoms with E-state index in [4.69, 9.17) is 15.5 Å². The first kappa shape index (κ1) is 14.5. The minimum atomic E-state index is -0.565. The van der Waals surface area contributed by atoms with E-state index < -0.39 is 6.10 Å². The zero-order valence-corrected chi connectivity index (χ0v) is 13.6. The van der Waals surface area contributed by atoms with E-state index in [-0.39, 0.29) is 5.92 Å². The number of hydrogen-bond acceptors (Lipinski definition) is 5. The van der Waals surface area contributed by atoms with E-state index in [1.54, 1.807) is 18.4 Å². The summed E-state index contributed by atoms with van der Waals surface area (Å²) in [5.74, 6) is 1.08. The summed E-state index contributed by atoms with van der Waals surface area (Å²) in [6.07, 6.45) is 0.904. The number of benzene rings is 1. The third-order valence-corrected chi connectivity index (χ3v) is 5.55. The first-order valence-corrected chi connectivity index (χ1v) is 8.52. The molecule has 2 heterocycles. The van der Waals surface area contributed by atoms with Gasteiger partial charge in [0.1, 0.15) is 5.75 Å². The summed E-state index contributed by atoms with van der Waals surface area (Å²) in [6.45, 7) is 0. The number of rotatable bonds is 2. The summed E-state index contributed by atoms with van der Waals surface area (Å²) in [5, 5.41) is 12.6. The zero-order chi connectivity index (χ0) is 16.0. The van der Waals surface area contributed by atoms with Crippen LogP contribution in [0.4, 0.5) is 5.69 Å². The number of fused-ring (bicyclic) bond motifs is 2. The summed E-state index contributed by atoms with van der Waals surface area (Å²) in [7, 11) is 1.66. The maximum Gasteiger partial charge on any atom is 0.118 e. The number of aliphatic hydroxyl groups excluding tert-OH is 1. The molecule has 0 spiro atoms. The number of thiophene rings is 1. The van der Waals surface area contributed by atoms with Gasteiger partial charge in [-0.05, 0) is 47.9 Å². The molecule has 0 saturated carbocycles. The maximum atomic E-state index is 10.6. The van der Waals surface area contributed by atoms with Crippen LogP contribution in [0.25, 0.3) is 10.2 Å². The average molecular weight is 326 g/mol. The second kappa shape index (κ2) is 5.51. The Balaban J connectivity index is 1.74. The van der Waals surface area contributed by atoms with Crippen LogP contribution in [0.2, 0.25) is 0 Å². The van der Waals surface area contributed by atoms with Crippen LogP contribution >= 0.6 is 11.3 Å². The summed E-state index contributed by atoms with van der Waals surface area (Å²) >= 11 is 1.58. The van der Waals surface area contributed by atoms with E-state index in [1.807, 2.05) is 23.6 Å². The first-order chi connectivity index (χ1) is 11.2. The summed E-state index contributed by atoms with van der Waals surface area (Å²) in [5.41, 5.74) is 10.9. The standard InChI is InChI=1S/C18H18N2O2S/c1-22-12-4-2-10(3-5-12)11-8-14-16(15(21)9-11)17(19)18-13(20-14)6-7-23-18/h2-7,11,15,21H,8-9H2,1H3,(H2,19,20). The van der Waals surface area contributed by atoms with Gasteiger partial charge in [0.25, 0.3) is 0 Å². The van der Waals surface area contributed by atoms with Crippen molar-refractivity contribution in [2.24, 2.45) is 0 Å². The number of anilines is 1. The number of aromatic nitrogens is 1. The molecule has 3 aromatic rings. The van der Waals surface area contributed by atoms with Crippen LogP contribution in [0.1, 0.15) is 35.3 Å². The van der Waals surface area contributed by atoms with Crippen molar-refractivity contribution < 1.29 is 9.84 Å². The van der Waals surface area contributed by atoms with Gasteiger partial charge in [0, 0.05) is 11.3 Å². The SMILES string of the molecule is COc1ccc(C2Cc3nc4ccsc4c(N)c3C(O)C2)cc1. The molecule has 0 radical (unpaired) electrons. The van der Waals surface area contributed by atoms with E-state index in [9.17, 15) is 5.11 Å². The summed E-state index contributed by atoms with van der Waals surface area (Å²) < 4.78 is 6.19. The van der Waals surface area contributed by atoms with Gasteiger partial charge in [-0.1, -0.05) is 12.1 Å². The second-order valence-electron chi connectivity index (χ2n) is 5.95. The topological polar surface area (TPSA) is 68.4 Å². The molecule has 23 heavy (non-hydrogen) atoms. The summed E-state index contributed by atoms with van der Waals surface area (Å²) in [4.78, 5) is 4.74. The predicted octanol–water partition coefficient (Wildman–Crippen LogP) is 3.65. The lowest BCUT2D eigenvalue weighted by atomic mass is 9.80. The first-order valence-electron chi connectivity index (χ1n) is 7.65.